The van der Waals surface area contributed by atoms with Crippen LogP contribution in [0.1, 0.15) is 54.0 Å². The molecule has 1 heterocycles. The van der Waals surface area contributed by atoms with Gasteiger partial charge in [-0.2, -0.15) is 0 Å². The lowest BCUT2D eigenvalue weighted by Gasteiger charge is -2.13. The highest BCUT2D eigenvalue weighted by atomic mass is 35.5. The number of hydrogen-bond acceptors (Lipinski definition) is 3. The van der Waals surface area contributed by atoms with Gasteiger partial charge >= 0.3 is 0 Å². The predicted octanol–water partition coefficient (Wildman–Crippen LogP) is 6.61. The molecule has 2 rings (SSSR count). The minimum absolute atomic E-state index is 0.0552. The molecule has 5 heteroatoms. The van der Waals surface area contributed by atoms with Crippen LogP contribution in [0.25, 0.3) is 0 Å². The number of benzene rings is 1. The zero-order valence-electron chi connectivity index (χ0n) is 18.6. The van der Waals surface area contributed by atoms with Crippen molar-refractivity contribution < 1.29 is 4.79 Å². The number of halogens is 1. The Kier molecular flexibility index (Phi) is 16.9. The van der Waals surface area contributed by atoms with Crippen molar-refractivity contribution in [2.75, 3.05) is 12.4 Å². The average Bonchev–Trinajstić information content (AvgIpc) is 2.81. The van der Waals surface area contributed by atoms with Crippen LogP contribution in [-0.4, -0.2) is 30.9 Å². The molecular weight excluding hydrogens is 370 g/mol. The summed E-state index contributed by atoms with van der Waals surface area (Å²) in [5.41, 5.74) is 2.53. The maximum atomic E-state index is 12.0. The van der Waals surface area contributed by atoms with E-state index in [4.69, 9.17) is 11.6 Å². The Labute approximate surface area is 176 Å². The van der Waals surface area contributed by atoms with E-state index in [2.05, 4.69) is 21.9 Å². The van der Waals surface area contributed by atoms with Crippen molar-refractivity contribution in [2.45, 2.75) is 54.5 Å². The van der Waals surface area contributed by atoms with Crippen molar-refractivity contribution >= 4 is 35.1 Å². The second-order valence-electron chi connectivity index (χ2n) is 5.86. The fraction of sp³-hybridized carbons (Fsp3) is 0.435. The molecular formula is C23H36ClN3O. The second-order valence-corrected chi connectivity index (χ2v) is 6.30. The summed E-state index contributed by atoms with van der Waals surface area (Å²) in [5.74, 6) is 0.121. The molecule has 0 radical (unpaired) electrons. The van der Waals surface area contributed by atoms with Crippen LogP contribution >= 0.6 is 11.6 Å². The number of fused-ring (bicyclic) bond motifs is 1. The van der Waals surface area contributed by atoms with Gasteiger partial charge in [-0.05, 0) is 51.1 Å². The van der Waals surface area contributed by atoms with Crippen LogP contribution in [0.3, 0.4) is 0 Å². The third-order valence-electron chi connectivity index (χ3n) is 3.45. The van der Waals surface area contributed by atoms with Crippen LogP contribution in [-0.2, 0) is 4.79 Å². The van der Waals surface area contributed by atoms with E-state index in [1.165, 1.54) is 0 Å². The summed E-state index contributed by atoms with van der Waals surface area (Å²) in [5, 5.41) is 3.55. The Hall–Kier alpha value is -2.20. The largest absolute Gasteiger partial charge is 0.324 e. The van der Waals surface area contributed by atoms with Gasteiger partial charge in [-0.25, -0.2) is 0 Å². The molecule has 0 spiro atoms. The van der Waals surface area contributed by atoms with Gasteiger partial charge in [0, 0.05) is 29.0 Å². The lowest BCUT2D eigenvalue weighted by Crippen LogP contribution is -2.29. The molecule has 0 bridgehead atoms. The number of anilines is 1. The zero-order chi connectivity index (χ0) is 22.1. The number of hydrogen-bond donors (Lipinski definition) is 1. The third-order valence-corrected chi connectivity index (χ3v) is 3.68. The lowest BCUT2D eigenvalue weighted by atomic mass is 10.0. The number of rotatable bonds is 2. The molecule has 1 aromatic rings. The highest BCUT2D eigenvalue weighted by molar-refractivity contribution is 6.31. The van der Waals surface area contributed by atoms with Gasteiger partial charge in [0.1, 0.15) is 6.04 Å². The molecule has 1 aromatic carbocycles. The number of aliphatic imine (C=N–C) groups is 2. The molecule has 0 aromatic heterocycles. The molecule has 1 N–H and O–H groups in total. The molecule has 0 fully saturated rings. The fourth-order valence-electron chi connectivity index (χ4n) is 2.06. The molecule has 1 amide bonds. The Morgan fingerprint density at radius 3 is 2.25 bits per heavy atom. The van der Waals surface area contributed by atoms with Crippen molar-refractivity contribution in [3.8, 4) is 0 Å². The fourth-order valence-corrected chi connectivity index (χ4v) is 2.23. The Morgan fingerprint density at radius 1 is 1.29 bits per heavy atom. The highest BCUT2D eigenvalue weighted by Gasteiger charge is 2.25. The van der Waals surface area contributed by atoms with E-state index in [0.29, 0.717) is 5.02 Å². The van der Waals surface area contributed by atoms with Gasteiger partial charge in [0.25, 0.3) is 0 Å². The van der Waals surface area contributed by atoms with Crippen molar-refractivity contribution in [3.63, 3.8) is 0 Å². The number of benzodiazepines with no additional fused rings is 1. The van der Waals surface area contributed by atoms with Crippen LogP contribution in [0.15, 0.2) is 53.0 Å². The SMILES string of the molecule is C=C/C=C\C.CC.CC1=NC(C(C)C)C(=O)Nc2ccc(Cl)cc21.CC=NC. The molecule has 1 unspecified atom stereocenters. The number of carbonyl (C=O) groups is 1. The van der Waals surface area contributed by atoms with E-state index in [1.807, 2.05) is 72.8 Å². The van der Waals surface area contributed by atoms with Crippen molar-refractivity contribution in [1.29, 1.82) is 0 Å². The van der Waals surface area contributed by atoms with Gasteiger partial charge in [0.15, 0.2) is 0 Å². The van der Waals surface area contributed by atoms with Gasteiger partial charge in [0.2, 0.25) is 5.91 Å². The average molecular weight is 406 g/mol. The minimum Gasteiger partial charge on any atom is -0.324 e. The van der Waals surface area contributed by atoms with Crippen LogP contribution in [0.5, 0.6) is 0 Å². The maximum Gasteiger partial charge on any atom is 0.249 e. The molecule has 4 nitrogen and oxygen atoms in total. The summed E-state index contributed by atoms with van der Waals surface area (Å²) >= 11 is 5.96. The highest BCUT2D eigenvalue weighted by Crippen LogP contribution is 2.25. The van der Waals surface area contributed by atoms with Gasteiger partial charge in [0.05, 0.1) is 0 Å². The van der Waals surface area contributed by atoms with Gasteiger partial charge < -0.3 is 10.3 Å². The Morgan fingerprint density at radius 2 is 1.86 bits per heavy atom. The maximum absolute atomic E-state index is 12.0. The molecule has 0 saturated heterocycles. The number of allylic oxidation sites excluding steroid dienone is 3. The Balaban J connectivity index is 0. The summed E-state index contributed by atoms with van der Waals surface area (Å²) < 4.78 is 0. The first kappa shape index (κ1) is 28.0. The van der Waals surface area contributed by atoms with Gasteiger partial charge in [-0.15, -0.1) is 0 Å². The lowest BCUT2D eigenvalue weighted by molar-refractivity contribution is -0.118. The molecule has 1 aliphatic heterocycles. The Bertz CT molecular complexity index is 672. The van der Waals surface area contributed by atoms with E-state index in [1.54, 1.807) is 25.4 Å². The quantitative estimate of drug-likeness (QED) is 0.436. The van der Waals surface area contributed by atoms with Gasteiger partial charge in [-0.3, -0.25) is 9.79 Å². The smallest absolute Gasteiger partial charge is 0.249 e. The summed E-state index contributed by atoms with van der Waals surface area (Å²) in [6.07, 6.45) is 7.33. The number of nitrogens with zero attached hydrogens (tertiary/aromatic N) is 2. The molecule has 1 aliphatic rings. The molecule has 28 heavy (non-hydrogen) atoms. The normalized spacial score (nSPS) is 15.0. The van der Waals surface area contributed by atoms with Crippen LogP contribution in [0, 0.1) is 5.92 Å². The first-order chi connectivity index (χ1) is 13.3. The number of amides is 1. The standard InChI is InChI=1S/C13H15ClN2O.C5H8.C3H7N.C2H6/c1-7(2)12-13(17)16-11-5-4-9(14)6-10(11)8(3)15-12;1-3-5-4-2;1-3-4-2;1-2/h4-7,12H,1-3H3,(H,16,17);3-5H,1H2,2H3;3H,1-2H3;1-2H3/b;5-4-;;. The third kappa shape index (κ3) is 10.8. The van der Waals surface area contributed by atoms with Gasteiger partial charge in [-0.1, -0.05) is 64.1 Å². The van der Waals surface area contributed by atoms with Crippen molar-refractivity contribution in [2.24, 2.45) is 15.9 Å². The van der Waals surface area contributed by atoms with E-state index in [-0.39, 0.29) is 17.9 Å². The van der Waals surface area contributed by atoms with Crippen molar-refractivity contribution in [1.82, 2.24) is 0 Å². The molecule has 156 valence electrons. The van der Waals surface area contributed by atoms with E-state index in [0.717, 1.165) is 17.0 Å². The van der Waals surface area contributed by atoms with E-state index in [9.17, 15) is 4.79 Å². The van der Waals surface area contributed by atoms with E-state index >= 15 is 0 Å². The van der Waals surface area contributed by atoms with Crippen LogP contribution in [0.2, 0.25) is 5.02 Å². The zero-order valence-corrected chi connectivity index (χ0v) is 19.3. The topological polar surface area (TPSA) is 53.8 Å². The van der Waals surface area contributed by atoms with Crippen LogP contribution < -0.4 is 5.32 Å². The molecule has 1 atom stereocenters. The minimum atomic E-state index is -0.332. The van der Waals surface area contributed by atoms with E-state index < -0.39 is 0 Å². The summed E-state index contributed by atoms with van der Waals surface area (Å²) in [6, 6.07) is 5.08. The molecule has 0 aliphatic carbocycles. The summed E-state index contributed by atoms with van der Waals surface area (Å²) in [7, 11) is 1.75. The number of carbonyl (C=O) groups excluding carboxylic acids is 1. The predicted molar refractivity (Wildman–Crippen MR) is 127 cm³/mol. The molecule has 0 saturated carbocycles. The second kappa shape index (κ2) is 16.9. The van der Waals surface area contributed by atoms with Crippen LogP contribution in [0.4, 0.5) is 5.69 Å². The number of nitrogens with one attached hydrogen (secondary N) is 1. The summed E-state index contributed by atoms with van der Waals surface area (Å²) in [4.78, 5) is 20.1. The monoisotopic (exact) mass is 405 g/mol. The first-order valence-electron chi connectivity index (χ1n) is 9.57. The van der Waals surface area contributed by atoms with Crippen molar-refractivity contribution in [3.05, 3.63) is 53.6 Å². The first-order valence-corrected chi connectivity index (χ1v) is 9.95. The summed E-state index contributed by atoms with van der Waals surface area (Å²) in [6.45, 7) is 17.2.